The zero-order valence-electron chi connectivity index (χ0n) is 11.3. The van der Waals surface area contributed by atoms with Crippen LogP contribution in [0.4, 0.5) is 10.1 Å². The highest BCUT2D eigenvalue weighted by atomic mass is 32.2. The minimum atomic E-state index is -1.34. The summed E-state index contributed by atoms with van der Waals surface area (Å²) in [5.74, 6) is -1.77. The lowest BCUT2D eigenvalue weighted by atomic mass is 10.1. The largest absolute Gasteiger partial charge is 0.478 e. The molecular formula is C14H14FNO4S. The molecule has 1 aliphatic heterocycles. The number of hydrogen-bond donors (Lipinski definition) is 1. The lowest BCUT2D eigenvalue weighted by Gasteiger charge is -2.17. The van der Waals surface area contributed by atoms with Crippen LogP contribution in [0.5, 0.6) is 0 Å². The third kappa shape index (κ3) is 3.60. The van der Waals surface area contributed by atoms with E-state index in [0.717, 1.165) is 12.1 Å². The number of carbonyl (C=O) groups excluding carboxylic acids is 2. The summed E-state index contributed by atoms with van der Waals surface area (Å²) in [6.07, 6.45) is 0.308. The number of thioether (sulfide) groups is 1. The third-order valence-electron chi connectivity index (χ3n) is 3.22. The summed E-state index contributed by atoms with van der Waals surface area (Å²) >= 11 is 1.17. The van der Waals surface area contributed by atoms with Gasteiger partial charge in [0.25, 0.3) is 0 Å². The second-order valence-corrected chi connectivity index (χ2v) is 6.04. The van der Waals surface area contributed by atoms with Gasteiger partial charge in [-0.2, -0.15) is 0 Å². The van der Waals surface area contributed by atoms with Crippen molar-refractivity contribution < 1.29 is 23.9 Å². The summed E-state index contributed by atoms with van der Waals surface area (Å²) in [4.78, 5) is 35.1. The topological polar surface area (TPSA) is 74.7 Å². The van der Waals surface area contributed by atoms with Crippen molar-refractivity contribution >= 4 is 34.4 Å². The smallest absolute Gasteiger partial charge is 0.338 e. The van der Waals surface area contributed by atoms with Gasteiger partial charge in [0.1, 0.15) is 5.82 Å². The van der Waals surface area contributed by atoms with Crippen molar-refractivity contribution in [3.63, 3.8) is 0 Å². The van der Waals surface area contributed by atoms with E-state index in [1.807, 2.05) is 0 Å². The second kappa shape index (κ2) is 6.26. The highest BCUT2D eigenvalue weighted by Gasteiger charge is 2.31. The van der Waals surface area contributed by atoms with Crippen LogP contribution in [0, 0.1) is 11.7 Å². The van der Waals surface area contributed by atoms with E-state index in [1.165, 1.54) is 29.7 Å². The van der Waals surface area contributed by atoms with Crippen molar-refractivity contribution in [3.05, 3.63) is 29.6 Å². The lowest BCUT2D eigenvalue weighted by Crippen LogP contribution is -2.25. The zero-order chi connectivity index (χ0) is 15.6. The molecule has 1 unspecified atom stereocenters. The summed E-state index contributed by atoms with van der Waals surface area (Å²) < 4.78 is 13.7. The Morgan fingerprint density at radius 3 is 2.76 bits per heavy atom. The predicted molar refractivity (Wildman–Crippen MR) is 77.0 cm³/mol. The van der Waals surface area contributed by atoms with E-state index in [0.29, 0.717) is 24.4 Å². The maximum Gasteiger partial charge on any atom is 0.338 e. The molecule has 0 aliphatic carbocycles. The molecule has 0 saturated carbocycles. The fraction of sp³-hybridized carbons (Fsp3) is 0.357. The van der Waals surface area contributed by atoms with E-state index in [1.54, 1.807) is 0 Å². The fourth-order valence-electron chi connectivity index (χ4n) is 2.22. The zero-order valence-corrected chi connectivity index (χ0v) is 12.2. The maximum absolute atomic E-state index is 13.7. The average Bonchev–Trinajstić information content (AvgIpc) is 2.77. The Bertz CT molecular complexity index is 605. The summed E-state index contributed by atoms with van der Waals surface area (Å²) in [5.41, 5.74) is -0.0769. The molecule has 1 heterocycles. The molecule has 1 aliphatic rings. The predicted octanol–water partition coefficient (Wildman–Crippen LogP) is 2.16. The van der Waals surface area contributed by atoms with Gasteiger partial charge in [0.05, 0.1) is 5.56 Å². The number of benzene rings is 1. The molecule has 5 nitrogen and oxygen atoms in total. The number of hydrogen-bond acceptors (Lipinski definition) is 4. The van der Waals surface area contributed by atoms with Crippen LogP contribution in [-0.2, 0) is 9.59 Å². The molecule has 0 radical (unpaired) electrons. The van der Waals surface area contributed by atoms with E-state index in [-0.39, 0.29) is 16.9 Å². The van der Waals surface area contributed by atoms with Gasteiger partial charge in [0.15, 0.2) is 5.12 Å². The Hall–Kier alpha value is -1.89. The van der Waals surface area contributed by atoms with Crippen molar-refractivity contribution in [1.82, 2.24) is 0 Å². The first-order valence-corrected chi connectivity index (χ1v) is 7.33. The standard InChI is InChI=1S/C14H14FNO4S/c1-8(17)21-7-9-4-13(18)16(6-9)10-2-3-11(14(19)20)12(15)5-10/h2-3,5,9H,4,6-7H2,1H3,(H,19,20). The van der Waals surface area contributed by atoms with E-state index >= 15 is 0 Å². The first-order valence-electron chi connectivity index (χ1n) is 6.35. The average molecular weight is 311 g/mol. The Morgan fingerprint density at radius 1 is 1.48 bits per heavy atom. The summed E-state index contributed by atoms with van der Waals surface area (Å²) in [6.45, 7) is 1.88. The first-order chi connectivity index (χ1) is 9.88. The molecule has 1 N–H and O–H groups in total. The number of rotatable bonds is 4. The van der Waals surface area contributed by atoms with Gasteiger partial charge in [-0.1, -0.05) is 11.8 Å². The number of carboxylic acid groups (broad SMARTS) is 1. The van der Waals surface area contributed by atoms with E-state index in [4.69, 9.17) is 5.11 Å². The molecule has 7 heteroatoms. The van der Waals surface area contributed by atoms with Crippen molar-refractivity contribution in [2.24, 2.45) is 5.92 Å². The van der Waals surface area contributed by atoms with Gasteiger partial charge in [-0.15, -0.1) is 0 Å². The summed E-state index contributed by atoms with van der Waals surface area (Å²) in [5, 5.41) is 8.78. The number of aromatic carboxylic acids is 1. The molecule has 2 rings (SSSR count). The molecule has 0 bridgehead atoms. The quantitative estimate of drug-likeness (QED) is 0.922. The summed E-state index contributed by atoms with van der Waals surface area (Å²) in [7, 11) is 0. The molecule has 112 valence electrons. The van der Waals surface area contributed by atoms with E-state index < -0.39 is 17.3 Å². The highest BCUT2D eigenvalue weighted by molar-refractivity contribution is 8.13. The van der Waals surface area contributed by atoms with Gasteiger partial charge in [0, 0.05) is 31.3 Å². The first kappa shape index (κ1) is 15.5. The van der Waals surface area contributed by atoms with Crippen LogP contribution in [0.25, 0.3) is 0 Å². The van der Waals surface area contributed by atoms with Gasteiger partial charge in [-0.3, -0.25) is 9.59 Å². The maximum atomic E-state index is 13.7. The molecule has 0 aromatic heterocycles. The van der Waals surface area contributed by atoms with E-state index in [9.17, 15) is 18.8 Å². The Morgan fingerprint density at radius 2 is 2.19 bits per heavy atom. The SMILES string of the molecule is CC(=O)SCC1CC(=O)N(c2ccc(C(=O)O)c(F)c2)C1. The van der Waals surface area contributed by atoms with Crippen LogP contribution >= 0.6 is 11.8 Å². The third-order valence-corrected chi connectivity index (χ3v) is 4.27. The van der Waals surface area contributed by atoms with Crippen LogP contribution in [0.15, 0.2) is 18.2 Å². The molecule has 1 aromatic carbocycles. The van der Waals surface area contributed by atoms with Crippen molar-refractivity contribution in [3.8, 4) is 0 Å². The fourth-order valence-corrected chi connectivity index (χ4v) is 2.92. The number of anilines is 1. The second-order valence-electron chi connectivity index (χ2n) is 4.85. The highest BCUT2D eigenvalue weighted by Crippen LogP contribution is 2.28. The van der Waals surface area contributed by atoms with Gasteiger partial charge in [-0.05, 0) is 24.1 Å². The van der Waals surface area contributed by atoms with Crippen LogP contribution in [0.1, 0.15) is 23.7 Å². The Balaban J connectivity index is 2.12. The van der Waals surface area contributed by atoms with Gasteiger partial charge < -0.3 is 10.0 Å². The minimum Gasteiger partial charge on any atom is -0.478 e. The molecule has 21 heavy (non-hydrogen) atoms. The molecule has 1 aromatic rings. The van der Waals surface area contributed by atoms with Gasteiger partial charge >= 0.3 is 5.97 Å². The molecule has 1 saturated heterocycles. The van der Waals surface area contributed by atoms with E-state index in [2.05, 4.69) is 0 Å². The van der Waals surface area contributed by atoms with Crippen LogP contribution < -0.4 is 4.90 Å². The molecule has 1 atom stereocenters. The normalized spacial score (nSPS) is 18.1. The number of amides is 1. The molecule has 0 spiro atoms. The lowest BCUT2D eigenvalue weighted by molar-refractivity contribution is -0.117. The Kier molecular flexibility index (Phi) is 4.62. The van der Waals surface area contributed by atoms with Crippen molar-refractivity contribution in [1.29, 1.82) is 0 Å². The number of carbonyl (C=O) groups is 3. The number of carboxylic acids is 1. The van der Waals surface area contributed by atoms with Crippen molar-refractivity contribution in [2.75, 3.05) is 17.2 Å². The monoisotopic (exact) mass is 311 g/mol. The number of nitrogens with zero attached hydrogens (tertiary/aromatic N) is 1. The minimum absolute atomic E-state index is 0.00208. The van der Waals surface area contributed by atoms with Crippen molar-refractivity contribution in [2.45, 2.75) is 13.3 Å². The van der Waals surface area contributed by atoms with Crippen LogP contribution in [0.2, 0.25) is 0 Å². The summed E-state index contributed by atoms with van der Waals surface area (Å²) in [6, 6.07) is 3.63. The molecular weight excluding hydrogens is 297 g/mol. The van der Waals surface area contributed by atoms with Gasteiger partial charge in [-0.25, -0.2) is 9.18 Å². The van der Waals surface area contributed by atoms with Crippen LogP contribution in [0.3, 0.4) is 0 Å². The number of halogens is 1. The Labute approximate surface area is 125 Å². The van der Waals surface area contributed by atoms with Crippen LogP contribution in [-0.4, -0.2) is 34.4 Å². The molecule has 1 amide bonds. The van der Waals surface area contributed by atoms with Gasteiger partial charge in [0.2, 0.25) is 5.91 Å². The molecule has 1 fully saturated rings.